The number of carbonyl (C=O) groups is 1. The average Bonchev–Trinajstić information content (AvgIpc) is 2.53. The summed E-state index contributed by atoms with van der Waals surface area (Å²) in [6.07, 6.45) is 1.41. The van der Waals surface area contributed by atoms with Gasteiger partial charge in [0.25, 0.3) is 5.91 Å². The van der Waals surface area contributed by atoms with E-state index >= 15 is 0 Å². The number of methoxy groups -OCH3 is 1. The van der Waals surface area contributed by atoms with Crippen molar-refractivity contribution in [3.05, 3.63) is 22.7 Å². The van der Waals surface area contributed by atoms with E-state index < -0.39 is 0 Å². The second-order valence-corrected chi connectivity index (χ2v) is 4.90. The van der Waals surface area contributed by atoms with E-state index in [4.69, 9.17) is 16.3 Å². The lowest BCUT2D eigenvalue weighted by molar-refractivity contribution is 0.0946. The molecule has 0 aliphatic heterocycles. The normalized spacial score (nSPS) is 10.2. The van der Waals surface area contributed by atoms with Gasteiger partial charge >= 0.3 is 0 Å². The van der Waals surface area contributed by atoms with E-state index in [9.17, 15) is 9.59 Å². The van der Waals surface area contributed by atoms with E-state index in [1.807, 2.05) is 0 Å². The first kappa shape index (κ1) is 18.2. The molecule has 120 valence electrons. The summed E-state index contributed by atoms with van der Waals surface area (Å²) in [5.41, 5.74) is 0.519. The number of amides is 1. The predicted octanol–water partition coefficient (Wildman–Crippen LogP) is 2.39. The van der Waals surface area contributed by atoms with Crippen LogP contribution in [0.25, 0.3) is 0 Å². The first-order chi connectivity index (χ1) is 10.6. The van der Waals surface area contributed by atoms with E-state index in [0.29, 0.717) is 17.9 Å². The average molecular weight is 326 g/mol. The number of isocyanates is 1. The van der Waals surface area contributed by atoms with Gasteiger partial charge in [0.05, 0.1) is 23.4 Å². The van der Waals surface area contributed by atoms with Gasteiger partial charge in [-0.25, -0.2) is 4.79 Å². The van der Waals surface area contributed by atoms with E-state index in [0.717, 1.165) is 19.6 Å². The Bertz CT molecular complexity index is 567. The lowest BCUT2D eigenvalue weighted by atomic mass is 10.1. The summed E-state index contributed by atoms with van der Waals surface area (Å²) in [5.74, 6) is 0.0197. The zero-order valence-corrected chi connectivity index (χ0v) is 13.7. The fourth-order valence-corrected chi connectivity index (χ4v) is 2.19. The molecule has 0 atom stereocenters. The molecule has 0 unspecified atom stereocenters. The number of ether oxygens (including phenoxy) is 1. The molecule has 0 saturated heterocycles. The largest absolute Gasteiger partial charge is 0.496 e. The Labute approximate surface area is 135 Å². The Morgan fingerprint density at radius 1 is 1.41 bits per heavy atom. The van der Waals surface area contributed by atoms with E-state index in [2.05, 4.69) is 29.1 Å². The molecule has 0 heterocycles. The molecule has 1 N–H and O–H groups in total. The molecule has 0 spiro atoms. The van der Waals surface area contributed by atoms with Crippen LogP contribution in [0.15, 0.2) is 17.1 Å². The topological polar surface area (TPSA) is 71.0 Å². The van der Waals surface area contributed by atoms with Gasteiger partial charge in [0, 0.05) is 19.2 Å². The molecule has 0 aromatic heterocycles. The third kappa shape index (κ3) is 4.84. The van der Waals surface area contributed by atoms with Gasteiger partial charge in [-0.05, 0) is 19.2 Å². The van der Waals surface area contributed by atoms with Crippen LogP contribution in [0.3, 0.4) is 0 Å². The molecule has 1 aromatic rings. The van der Waals surface area contributed by atoms with Gasteiger partial charge in [0.2, 0.25) is 6.08 Å². The molecule has 0 radical (unpaired) electrons. The van der Waals surface area contributed by atoms with Gasteiger partial charge in [0.1, 0.15) is 5.75 Å². The lowest BCUT2D eigenvalue weighted by Crippen LogP contribution is -2.34. The number of likely N-dealkylation sites (N-methyl/N-ethyl adjacent to an activating group) is 1. The Kier molecular flexibility index (Phi) is 7.60. The number of rotatable bonds is 8. The van der Waals surface area contributed by atoms with Gasteiger partial charge in [-0.1, -0.05) is 25.4 Å². The number of nitrogens with zero attached hydrogens (tertiary/aromatic N) is 2. The number of benzene rings is 1. The summed E-state index contributed by atoms with van der Waals surface area (Å²) < 4.78 is 5.16. The van der Waals surface area contributed by atoms with Crippen LogP contribution in [0.1, 0.15) is 24.2 Å². The maximum absolute atomic E-state index is 12.2. The molecule has 22 heavy (non-hydrogen) atoms. The Balaban J connectivity index is 2.84. The molecular weight excluding hydrogens is 306 g/mol. The van der Waals surface area contributed by atoms with Crippen LogP contribution in [0, 0.1) is 0 Å². The third-order valence-corrected chi connectivity index (χ3v) is 3.59. The summed E-state index contributed by atoms with van der Waals surface area (Å²) in [5, 5.41) is 3.02. The number of hydrogen-bond donors (Lipinski definition) is 1. The number of hydrogen-bond acceptors (Lipinski definition) is 5. The van der Waals surface area contributed by atoms with Crippen molar-refractivity contribution in [2.45, 2.75) is 13.8 Å². The number of halogens is 1. The predicted molar refractivity (Wildman–Crippen MR) is 85.9 cm³/mol. The lowest BCUT2D eigenvalue weighted by Gasteiger charge is -2.18. The van der Waals surface area contributed by atoms with Crippen LogP contribution in [-0.4, -0.2) is 50.2 Å². The van der Waals surface area contributed by atoms with E-state index in [1.165, 1.54) is 25.3 Å². The minimum absolute atomic E-state index is 0.193. The van der Waals surface area contributed by atoms with Crippen molar-refractivity contribution in [2.24, 2.45) is 4.99 Å². The molecular formula is C15H20ClN3O3. The van der Waals surface area contributed by atoms with Gasteiger partial charge in [-0.15, -0.1) is 0 Å². The zero-order chi connectivity index (χ0) is 16.5. The molecule has 1 amide bonds. The van der Waals surface area contributed by atoms with Gasteiger partial charge in [-0.3, -0.25) is 4.79 Å². The quantitative estimate of drug-likeness (QED) is 0.588. The highest BCUT2D eigenvalue weighted by Crippen LogP contribution is 2.32. The standard InChI is InChI=1S/C15H20ClN3O3/c1-4-19(5-2)7-6-17-15(21)11-8-12(16)13(18-10-20)9-14(11)22-3/h8-9H,4-7H2,1-3H3,(H,17,21). The molecule has 6 nitrogen and oxygen atoms in total. The van der Waals surface area contributed by atoms with Crippen molar-refractivity contribution in [2.75, 3.05) is 33.3 Å². The van der Waals surface area contributed by atoms with E-state index in [-0.39, 0.29) is 16.6 Å². The van der Waals surface area contributed by atoms with Crippen molar-refractivity contribution < 1.29 is 14.3 Å². The number of nitrogens with one attached hydrogen (secondary N) is 1. The zero-order valence-electron chi connectivity index (χ0n) is 13.0. The summed E-state index contributed by atoms with van der Waals surface area (Å²) in [4.78, 5) is 28.2. The van der Waals surface area contributed by atoms with Crippen LogP contribution < -0.4 is 10.1 Å². The second kappa shape index (κ2) is 9.20. The first-order valence-electron chi connectivity index (χ1n) is 7.03. The minimum atomic E-state index is -0.285. The van der Waals surface area contributed by atoms with Crippen LogP contribution in [0.2, 0.25) is 5.02 Å². The third-order valence-electron chi connectivity index (χ3n) is 3.29. The fraction of sp³-hybridized carbons (Fsp3) is 0.467. The second-order valence-electron chi connectivity index (χ2n) is 4.49. The van der Waals surface area contributed by atoms with Crippen molar-refractivity contribution in [3.8, 4) is 5.75 Å². The molecule has 0 bridgehead atoms. The highest BCUT2D eigenvalue weighted by molar-refractivity contribution is 6.33. The molecule has 0 aliphatic rings. The highest BCUT2D eigenvalue weighted by atomic mass is 35.5. The molecule has 7 heteroatoms. The summed E-state index contributed by atoms with van der Waals surface area (Å²) in [7, 11) is 1.43. The molecule has 0 aliphatic carbocycles. The van der Waals surface area contributed by atoms with Gasteiger partial charge < -0.3 is 15.0 Å². The SMILES string of the molecule is CCN(CC)CCNC(=O)c1cc(Cl)c(N=C=O)cc1OC. The molecule has 1 rings (SSSR count). The number of aliphatic imine (C=N–C) groups is 1. The van der Waals surface area contributed by atoms with Crippen molar-refractivity contribution in [1.29, 1.82) is 0 Å². The van der Waals surface area contributed by atoms with Crippen LogP contribution in [0.4, 0.5) is 5.69 Å². The van der Waals surface area contributed by atoms with Crippen LogP contribution >= 0.6 is 11.6 Å². The smallest absolute Gasteiger partial charge is 0.255 e. The molecule has 0 saturated carbocycles. The highest BCUT2D eigenvalue weighted by Gasteiger charge is 2.15. The Morgan fingerprint density at radius 2 is 2.09 bits per heavy atom. The summed E-state index contributed by atoms with van der Waals surface area (Å²) in [6.45, 7) is 7.29. The summed E-state index contributed by atoms with van der Waals surface area (Å²) in [6, 6.07) is 2.87. The van der Waals surface area contributed by atoms with Crippen molar-refractivity contribution in [1.82, 2.24) is 10.2 Å². The van der Waals surface area contributed by atoms with Gasteiger partial charge in [0.15, 0.2) is 0 Å². The Morgan fingerprint density at radius 3 is 2.64 bits per heavy atom. The monoisotopic (exact) mass is 325 g/mol. The van der Waals surface area contributed by atoms with Crippen molar-refractivity contribution >= 4 is 29.3 Å². The number of carbonyl (C=O) groups excluding carboxylic acids is 2. The minimum Gasteiger partial charge on any atom is -0.496 e. The first-order valence-corrected chi connectivity index (χ1v) is 7.41. The van der Waals surface area contributed by atoms with Crippen LogP contribution in [-0.2, 0) is 4.79 Å². The maximum Gasteiger partial charge on any atom is 0.255 e. The van der Waals surface area contributed by atoms with Crippen molar-refractivity contribution in [3.63, 3.8) is 0 Å². The molecule has 1 aromatic carbocycles. The van der Waals surface area contributed by atoms with Gasteiger partial charge in [-0.2, -0.15) is 4.99 Å². The summed E-state index contributed by atoms with van der Waals surface area (Å²) >= 11 is 5.99. The maximum atomic E-state index is 12.2. The van der Waals surface area contributed by atoms with E-state index in [1.54, 1.807) is 0 Å². The Hall–Kier alpha value is -1.88. The molecule has 0 fully saturated rings. The van der Waals surface area contributed by atoms with Crippen LogP contribution in [0.5, 0.6) is 5.75 Å². The fourth-order valence-electron chi connectivity index (χ4n) is 1.99.